The minimum atomic E-state index is 0.102. The van der Waals surface area contributed by atoms with Crippen LogP contribution in [0.4, 0.5) is 0 Å². The second-order valence-electron chi connectivity index (χ2n) is 6.71. The van der Waals surface area contributed by atoms with Crippen molar-refractivity contribution in [3.05, 3.63) is 23.0 Å². The lowest BCUT2D eigenvalue weighted by molar-refractivity contribution is -0.115. The lowest BCUT2D eigenvalue weighted by Crippen LogP contribution is -2.55. The number of nitrogens with one attached hydrogen (secondary N) is 2. The zero-order chi connectivity index (χ0) is 13.6. The van der Waals surface area contributed by atoms with Crippen molar-refractivity contribution < 1.29 is 4.79 Å². The smallest absolute Gasteiger partial charge is 0.166 e. The minimum absolute atomic E-state index is 0.102. The van der Waals surface area contributed by atoms with Gasteiger partial charge < -0.3 is 5.32 Å². The van der Waals surface area contributed by atoms with E-state index in [1.54, 1.807) is 0 Å². The molecule has 3 rings (SSSR count). The SMILES string of the molecule is CC(C)(C)C1NCCN2NC3=CCCCC(=O)C3=C12. The largest absolute Gasteiger partial charge is 0.306 e. The number of nitrogens with zero attached hydrogens (tertiary/aromatic N) is 1. The summed E-state index contributed by atoms with van der Waals surface area (Å²) >= 11 is 0. The molecule has 0 amide bonds. The molecule has 19 heavy (non-hydrogen) atoms. The van der Waals surface area contributed by atoms with E-state index in [9.17, 15) is 4.79 Å². The molecule has 4 heteroatoms. The van der Waals surface area contributed by atoms with Crippen LogP contribution in [0.1, 0.15) is 40.0 Å². The van der Waals surface area contributed by atoms with Gasteiger partial charge in [-0.2, -0.15) is 0 Å². The first-order chi connectivity index (χ1) is 8.98. The van der Waals surface area contributed by atoms with Crippen LogP contribution < -0.4 is 10.7 Å². The molecule has 3 aliphatic rings. The molecule has 1 atom stereocenters. The Balaban J connectivity index is 2.10. The Bertz CT molecular complexity index is 470. The molecule has 0 radical (unpaired) electrons. The minimum Gasteiger partial charge on any atom is -0.306 e. The second kappa shape index (κ2) is 4.37. The summed E-state index contributed by atoms with van der Waals surface area (Å²) in [5, 5.41) is 5.76. The quantitative estimate of drug-likeness (QED) is 0.697. The standard InChI is InChI=1S/C15H23N3O/c1-15(2,3)14-13-12-10(6-4-5-7-11(12)19)17-18(13)9-8-16-14/h6,14,16-17H,4-5,7-9H2,1-3H3. The van der Waals surface area contributed by atoms with Gasteiger partial charge in [-0.05, 0) is 18.3 Å². The molecule has 0 aromatic heterocycles. The van der Waals surface area contributed by atoms with Crippen LogP contribution in [0.15, 0.2) is 23.0 Å². The summed E-state index contributed by atoms with van der Waals surface area (Å²) in [7, 11) is 0. The molecule has 2 N–H and O–H groups in total. The zero-order valence-electron chi connectivity index (χ0n) is 12.0. The number of ketones is 1. The van der Waals surface area contributed by atoms with Crippen LogP contribution in [-0.2, 0) is 4.79 Å². The number of fused-ring (bicyclic) bond motifs is 2. The van der Waals surface area contributed by atoms with Gasteiger partial charge in [0, 0.05) is 13.0 Å². The highest BCUT2D eigenvalue weighted by atomic mass is 16.1. The van der Waals surface area contributed by atoms with Gasteiger partial charge in [0.2, 0.25) is 0 Å². The number of hydrazine groups is 1. The maximum absolute atomic E-state index is 12.4. The molecule has 0 bridgehead atoms. The second-order valence-corrected chi connectivity index (χ2v) is 6.71. The molecule has 104 valence electrons. The summed E-state index contributed by atoms with van der Waals surface area (Å²) in [4.78, 5) is 12.4. The summed E-state index contributed by atoms with van der Waals surface area (Å²) in [6, 6.07) is 0.233. The molecule has 2 aliphatic heterocycles. The van der Waals surface area contributed by atoms with Crippen molar-refractivity contribution >= 4 is 5.78 Å². The van der Waals surface area contributed by atoms with E-state index in [0.29, 0.717) is 12.2 Å². The fraction of sp³-hybridized carbons (Fsp3) is 0.667. The zero-order valence-corrected chi connectivity index (χ0v) is 12.0. The molecular weight excluding hydrogens is 238 g/mol. The Morgan fingerprint density at radius 1 is 1.37 bits per heavy atom. The number of allylic oxidation sites excluding steroid dienone is 2. The molecule has 0 spiro atoms. The third-order valence-corrected chi connectivity index (χ3v) is 4.13. The van der Waals surface area contributed by atoms with E-state index < -0.39 is 0 Å². The van der Waals surface area contributed by atoms with Crippen LogP contribution in [0.25, 0.3) is 0 Å². The molecular formula is C15H23N3O. The Kier molecular flexibility index (Phi) is 2.93. The van der Waals surface area contributed by atoms with E-state index >= 15 is 0 Å². The summed E-state index contributed by atoms with van der Waals surface area (Å²) in [6.07, 6.45) is 4.82. The van der Waals surface area contributed by atoms with Crippen LogP contribution in [0, 0.1) is 5.41 Å². The Labute approximate surface area is 114 Å². The fourth-order valence-electron chi connectivity index (χ4n) is 3.22. The van der Waals surface area contributed by atoms with E-state index in [1.807, 2.05) is 0 Å². The van der Waals surface area contributed by atoms with Crippen LogP contribution in [0.3, 0.4) is 0 Å². The van der Waals surface area contributed by atoms with Crippen LogP contribution >= 0.6 is 0 Å². The number of hydrogen-bond donors (Lipinski definition) is 2. The highest BCUT2D eigenvalue weighted by Gasteiger charge is 2.42. The van der Waals surface area contributed by atoms with Crippen molar-refractivity contribution in [3.8, 4) is 0 Å². The number of carbonyl (C=O) groups excluding carboxylic acids is 1. The number of piperazine rings is 1. The van der Waals surface area contributed by atoms with Crippen molar-refractivity contribution in [2.45, 2.75) is 46.1 Å². The maximum Gasteiger partial charge on any atom is 0.166 e. The van der Waals surface area contributed by atoms with Crippen molar-refractivity contribution in [2.24, 2.45) is 5.41 Å². The number of hydrogen-bond acceptors (Lipinski definition) is 4. The highest BCUT2D eigenvalue weighted by molar-refractivity contribution is 6.01. The fourth-order valence-corrected chi connectivity index (χ4v) is 3.22. The number of rotatable bonds is 0. The number of Topliss-reactive ketones (excluding diaryl/α,β-unsaturated/α-hetero) is 1. The van der Waals surface area contributed by atoms with Crippen LogP contribution in [0.5, 0.6) is 0 Å². The van der Waals surface area contributed by atoms with E-state index in [4.69, 9.17) is 0 Å². The van der Waals surface area contributed by atoms with Crippen molar-refractivity contribution in [3.63, 3.8) is 0 Å². The third kappa shape index (κ3) is 2.08. The van der Waals surface area contributed by atoms with Gasteiger partial charge >= 0.3 is 0 Å². The van der Waals surface area contributed by atoms with Gasteiger partial charge in [-0.15, -0.1) is 0 Å². The Morgan fingerprint density at radius 3 is 2.89 bits per heavy atom. The third-order valence-electron chi connectivity index (χ3n) is 4.13. The van der Waals surface area contributed by atoms with Gasteiger partial charge in [0.15, 0.2) is 5.78 Å². The van der Waals surface area contributed by atoms with Gasteiger partial charge in [0.05, 0.1) is 29.6 Å². The first-order valence-corrected chi connectivity index (χ1v) is 7.24. The lowest BCUT2D eigenvalue weighted by atomic mass is 9.81. The van der Waals surface area contributed by atoms with E-state index in [1.165, 1.54) is 0 Å². The van der Waals surface area contributed by atoms with E-state index in [-0.39, 0.29) is 11.5 Å². The molecule has 1 saturated heterocycles. The lowest BCUT2D eigenvalue weighted by Gasteiger charge is -2.41. The predicted octanol–water partition coefficient (Wildman–Crippen LogP) is 1.72. The molecule has 0 aromatic carbocycles. The van der Waals surface area contributed by atoms with Gasteiger partial charge in [0.1, 0.15) is 0 Å². The van der Waals surface area contributed by atoms with Crippen LogP contribution in [0.2, 0.25) is 0 Å². The monoisotopic (exact) mass is 261 g/mol. The Morgan fingerprint density at radius 2 is 2.16 bits per heavy atom. The molecule has 0 aromatic rings. The molecule has 1 unspecified atom stereocenters. The van der Waals surface area contributed by atoms with Crippen LogP contribution in [-0.4, -0.2) is 29.9 Å². The average molecular weight is 261 g/mol. The summed E-state index contributed by atoms with van der Waals surface area (Å²) in [5.74, 6) is 0.298. The molecule has 2 heterocycles. The Hall–Kier alpha value is -1.29. The van der Waals surface area contributed by atoms with Gasteiger partial charge in [-0.3, -0.25) is 15.2 Å². The van der Waals surface area contributed by atoms with Crippen molar-refractivity contribution in [1.29, 1.82) is 0 Å². The predicted molar refractivity (Wildman–Crippen MR) is 75.1 cm³/mol. The average Bonchev–Trinajstić information content (AvgIpc) is 2.61. The first-order valence-electron chi connectivity index (χ1n) is 7.24. The summed E-state index contributed by atoms with van der Waals surface area (Å²) < 4.78 is 0. The van der Waals surface area contributed by atoms with E-state index in [2.05, 4.69) is 42.6 Å². The summed E-state index contributed by atoms with van der Waals surface area (Å²) in [6.45, 7) is 8.54. The normalized spacial score (nSPS) is 27.5. The molecule has 4 nitrogen and oxygen atoms in total. The van der Waals surface area contributed by atoms with Crippen molar-refractivity contribution in [1.82, 2.24) is 15.8 Å². The number of carbonyl (C=O) groups is 1. The van der Waals surface area contributed by atoms with Crippen molar-refractivity contribution in [2.75, 3.05) is 13.1 Å². The first kappa shape index (κ1) is 12.7. The molecule has 1 aliphatic carbocycles. The summed E-state index contributed by atoms with van der Waals surface area (Å²) in [5.41, 5.74) is 6.66. The van der Waals surface area contributed by atoms with E-state index in [0.717, 1.165) is 42.9 Å². The highest BCUT2D eigenvalue weighted by Crippen LogP contribution is 2.37. The topological polar surface area (TPSA) is 44.4 Å². The maximum atomic E-state index is 12.4. The van der Waals surface area contributed by atoms with Gasteiger partial charge in [0.25, 0.3) is 0 Å². The van der Waals surface area contributed by atoms with Gasteiger partial charge in [-0.25, -0.2) is 0 Å². The molecule has 0 saturated carbocycles. The molecule has 1 fully saturated rings. The van der Waals surface area contributed by atoms with Gasteiger partial charge in [-0.1, -0.05) is 26.8 Å².